The van der Waals surface area contributed by atoms with E-state index in [2.05, 4.69) is 0 Å². The van der Waals surface area contributed by atoms with Crippen molar-refractivity contribution in [2.45, 2.75) is 18.9 Å². The van der Waals surface area contributed by atoms with E-state index in [1.807, 2.05) is 6.07 Å². The molecule has 1 aliphatic rings. The summed E-state index contributed by atoms with van der Waals surface area (Å²) in [5.41, 5.74) is 0.771. The zero-order chi connectivity index (χ0) is 17.0. The molecule has 0 unspecified atom stereocenters. The smallest absolute Gasteiger partial charge is 0.266 e. The van der Waals surface area contributed by atoms with Crippen LogP contribution in [0.4, 0.5) is 0 Å². The predicted octanol–water partition coefficient (Wildman–Crippen LogP) is -0.464. The summed E-state index contributed by atoms with van der Waals surface area (Å²) in [6.07, 6.45) is 0.771. The lowest BCUT2D eigenvalue weighted by atomic mass is 10.1. The van der Waals surface area contributed by atoms with E-state index in [0.29, 0.717) is 0 Å². The van der Waals surface area contributed by atoms with Crippen molar-refractivity contribution in [1.29, 1.82) is 0 Å². The molecular weight excluding hydrogens is 338 g/mol. The van der Waals surface area contributed by atoms with Crippen molar-refractivity contribution >= 4 is 52.2 Å². The first-order valence-electron chi connectivity index (χ1n) is 6.63. The van der Waals surface area contributed by atoms with Crippen LogP contribution >= 0.6 is 24.0 Å². The Morgan fingerprint density at radius 2 is 1.91 bits per heavy atom. The maximum atomic E-state index is 12.4. The molecule has 1 saturated heterocycles. The van der Waals surface area contributed by atoms with Crippen LogP contribution in [0.5, 0.6) is 0 Å². The zero-order valence-corrected chi connectivity index (χ0v) is 13.4. The molecule has 6 nitrogen and oxygen atoms in total. The standard InChI is InChI=1S/C15H13NO5S2/c17-12(18)7-6-10(14(20)21)16-13(19)11(23-15(16)22)8-9-4-2-1-3-5-9/h1-5,8,10H,6-7H2,(H,17,18)(H,20,21)/p-2/b11-8-/t10-/m0/s1. The molecule has 0 saturated carbocycles. The maximum absolute atomic E-state index is 12.4. The van der Waals surface area contributed by atoms with E-state index in [0.717, 1.165) is 22.2 Å². The lowest BCUT2D eigenvalue weighted by Gasteiger charge is -2.27. The van der Waals surface area contributed by atoms with Gasteiger partial charge in [0.05, 0.1) is 16.9 Å². The van der Waals surface area contributed by atoms with Gasteiger partial charge >= 0.3 is 0 Å². The van der Waals surface area contributed by atoms with Gasteiger partial charge in [-0.25, -0.2) is 0 Å². The van der Waals surface area contributed by atoms with Gasteiger partial charge in [0, 0.05) is 5.97 Å². The van der Waals surface area contributed by atoms with Crippen LogP contribution in [0.3, 0.4) is 0 Å². The molecule has 1 aromatic carbocycles. The number of carbonyl (C=O) groups is 3. The second kappa shape index (κ2) is 7.38. The van der Waals surface area contributed by atoms with Crippen LogP contribution in [-0.4, -0.2) is 33.1 Å². The second-order valence-electron chi connectivity index (χ2n) is 4.71. The number of carbonyl (C=O) groups excluding carboxylic acids is 3. The van der Waals surface area contributed by atoms with Gasteiger partial charge < -0.3 is 19.8 Å². The minimum atomic E-state index is -1.55. The van der Waals surface area contributed by atoms with Crippen molar-refractivity contribution < 1.29 is 24.6 Å². The number of amides is 1. The molecular formula is C15H11NO5S2-2. The van der Waals surface area contributed by atoms with Crippen molar-refractivity contribution in [2.75, 3.05) is 0 Å². The molecule has 1 aromatic rings. The first-order chi connectivity index (χ1) is 10.9. The Balaban J connectivity index is 2.24. The summed E-state index contributed by atoms with van der Waals surface area (Å²) in [6.45, 7) is 0. The Morgan fingerprint density at radius 3 is 2.48 bits per heavy atom. The number of hydrogen-bond donors (Lipinski definition) is 0. The van der Waals surface area contributed by atoms with Gasteiger partial charge in [-0.3, -0.25) is 9.69 Å². The summed E-state index contributed by atoms with van der Waals surface area (Å²) in [5, 5.41) is 21.8. The van der Waals surface area contributed by atoms with Gasteiger partial charge in [-0.05, 0) is 24.5 Å². The average Bonchev–Trinajstić information content (AvgIpc) is 2.75. The third kappa shape index (κ3) is 4.17. The summed E-state index contributed by atoms with van der Waals surface area (Å²) < 4.78 is 0.0599. The average molecular weight is 349 g/mol. The number of nitrogens with zero attached hydrogens (tertiary/aromatic N) is 1. The topological polar surface area (TPSA) is 101 Å². The van der Waals surface area contributed by atoms with Gasteiger partial charge in [-0.1, -0.05) is 54.3 Å². The molecule has 0 N–H and O–H groups in total. The number of thioether (sulfide) groups is 1. The second-order valence-corrected chi connectivity index (χ2v) is 6.38. The molecule has 0 aromatic heterocycles. The Morgan fingerprint density at radius 1 is 1.26 bits per heavy atom. The van der Waals surface area contributed by atoms with Crippen LogP contribution in [0.1, 0.15) is 18.4 Å². The molecule has 2 rings (SSSR count). The van der Waals surface area contributed by atoms with Crippen molar-refractivity contribution in [1.82, 2.24) is 4.90 Å². The highest BCUT2D eigenvalue weighted by atomic mass is 32.2. The molecule has 0 spiro atoms. The fourth-order valence-electron chi connectivity index (χ4n) is 2.06. The summed E-state index contributed by atoms with van der Waals surface area (Å²) in [4.78, 5) is 35.4. The van der Waals surface area contributed by atoms with E-state index in [9.17, 15) is 24.6 Å². The predicted molar refractivity (Wildman–Crippen MR) is 84.5 cm³/mol. The highest BCUT2D eigenvalue weighted by molar-refractivity contribution is 8.26. The minimum absolute atomic E-state index is 0.0599. The van der Waals surface area contributed by atoms with E-state index < -0.39 is 30.3 Å². The van der Waals surface area contributed by atoms with E-state index >= 15 is 0 Å². The molecule has 1 fully saturated rings. The number of rotatable bonds is 6. The molecule has 23 heavy (non-hydrogen) atoms. The Hall–Kier alpha value is -2.19. The van der Waals surface area contributed by atoms with Gasteiger partial charge in [0.25, 0.3) is 5.91 Å². The Bertz CT molecular complexity index is 686. The molecule has 0 radical (unpaired) electrons. The maximum Gasteiger partial charge on any atom is 0.266 e. The van der Waals surface area contributed by atoms with Gasteiger partial charge in [0.15, 0.2) is 0 Å². The largest absolute Gasteiger partial charge is 0.550 e. The summed E-state index contributed by atoms with van der Waals surface area (Å²) in [6, 6.07) is 7.58. The van der Waals surface area contributed by atoms with E-state index in [-0.39, 0.29) is 15.6 Å². The van der Waals surface area contributed by atoms with Crippen LogP contribution < -0.4 is 10.2 Å². The van der Waals surface area contributed by atoms with Crippen LogP contribution in [0.25, 0.3) is 6.08 Å². The lowest BCUT2D eigenvalue weighted by molar-refractivity contribution is -0.311. The minimum Gasteiger partial charge on any atom is -0.550 e. The summed E-state index contributed by atoms with van der Waals surface area (Å²) in [7, 11) is 0. The van der Waals surface area contributed by atoms with Crippen LogP contribution in [-0.2, 0) is 14.4 Å². The van der Waals surface area contributed by atoms with E-state index in [4.69, 9.17) is 12.2 Å². The Labute approximate surface area is 141 Å². The number of aliphatic carboxylic acids is 2. The van der Waals surface area contributed by atoms with E-state index in [1.54, 1.807) is 30.3 Å². The third-order valence-corrected chi connectivity index (χ3v) is 4.46. The highest BCUT2D eigenvalue weighted by Gasteiger charge is 2.37. The van der Waals surface area contributed by atoms with Gasteiger partial charge in [-0.15, -0.1) is 0 Å². The summed E-state index contributed by atoms with van der Waals surface area (Å²) in [5.74, 6) is -3.53. The number of thiocarbonyl (C=S) groups is 1. The fourth-order valence-corrected chi connectivity index (χ4v) is 3.41. The molecule has 0 aliphatic carbocycles. The number of hydrogen-bond acceptors (Lipinski definition) is 7. The first-order valence-corrected chi connectivity index (χ1v) is 7.85. The molecule has 8 heteroatoms. The number of carboxylic acids is 2. The monoisotopic (exact) mass is 349 g/mol. The Kier molecular flexibility index (Phi) is 5.51. The SMILES string of the molecule is O=C([O-])CC[C@@H](C(=O)[O-])N1C(=O)/C(=C/c2ccccc2)SC1=S. The lowest BCUT2D eigenvalue weighted by Crippen LogP contribution is -2.50. The molecule has 1 heterocycles. The number of benzene rings is 1. The first kappa shape index (κ1) is 17.2. The van der Waals surface area contributed by atoms with Crippen molar-refractivity contribution in [3.8, 4) is 0 Å². The van der Waals surface area contributed by atoms with Gasteiger partial charge in [0.1, 0.15) is 4.32 Å². The van der Waals surface area contributed by atoms with Crippen LogP contribution in [0.2, 0.25) is 0 Å². The van der Waals surface area contributed by atoms with E-state index in [1.165, 1.54) is 0 Å². The van der Waals surface area contributed by atoms with Gasteiger partial charge in [-0.2, -0.15) is 0 Å². The summed E-state index contributed by atoms with van der Waals surface area (Å²) >= 11 is 6.03. The van der Waals surface area contributed by atoms with Crippen molar-refractivity contribution in [3.63, 3.8) is 0 Å². The molecule has 1 aliphatic heterocycles. The molecule has 1 atom stereocenters. The highest BCUT2D eigenvalue weighted by Crippen LogP contribution is 2.34. The van der Waals surface area contributed by atoms with Crippen LogP contribution in [0, 0.1) is 0 Å². The quantitative estimate of drug-likeness (QED) is 0.506. The molecule has 120 valence electrons. The number of carboxylic acid groups (broad SMARTS) is 2. The fraction of sp³-hybridized carbons (Fsp3) is 0.200. The van der Waals surface area contributed by atoms with Gasteiger partial charge in [0.2, 0.25) is 0 Å². The third-order valence-electron chi connectivity index (χ3n) is 3.13. The van der Waals surface area contributed by atoms with Crippen molar-refractivity contribution in [2.24, 2.45) is 0 Å². The zero-order valence-electron chi connectivity index (χ0n) is 11.8. The molecule has 1 amide bonds. The normalized spacial score (nSPS) is 17.6. The molecule has 0 bridgehead atoms. The van der Waals surface area contributed by atoms with Crippen LogP contribution in [0.15, 0.2) is 35.2 Å². The van der Waals surface area contributed by atoms with Crippen molar-refractivity contribution in [3.05, 3.63) is 40.8 Å².